The first-order valence-corrected chi connectivity index (χ1v) is 11.0. The van der Waals surface area contributed by atoms with Gasteiger partial charge in [0.1, 0.15) is 0 Å². The molecule has 174 valence electrons. The van der Waals surface area contributed by atoms with E-state index in [0.717, 1.165) is 12.4 Å². The van der Waals surface area contributed by atoms with E-state index < -0.39 is 40.6 Å². The van der Waals surface area contributed by atoms with Gasteiger partial charge in [-0.15, -0.1) is 0 Å². The molecule has 1 unspecified atom stereocenters. The summed E-state index contributed by atoms with van der Waals surface area (Å²) in [4.78, 5) is 19.2. The molecule has 2 aromatic carbocycles. The van der Waals surface area contributed by atoms with Crippen LogP contribution in [0.5, 0.6) is 6.01 Å². The quantitative estimate of drug-likeness (QED) is 0.511. The van der Waals surface area contributed by atoms with Crippen molar-refractivity contribution in [2.24, 2.45) is 10.9 Å². The van der Waals surface area contributed by atoms with Crippen LogP contribution in [0.15, 0.2) is 59.8 Å². The summed E-state index contributed by atoms with van der Waals surface area (Å²) < 4.78 is 65.9. The first kappa shape index (κ1) is 24.4. The number of ether oxygens (including phenoxy) is 1. The fourth-order valence-electron chi connectivity index (χ4n) is 3.07. The molecule has 1 amide bonds. The maximum absolute atomic E-state index is 12.3. The Kier molecular flexibility index (Phi) is 6.91. The monoisotopic (exact) mass is 500 g/mol. The lowest BCUT2D eigenvalue weighted by molar-refractivity contribution is -0.154. The van der Waals surface area contributed by atoms with Gasteiger partial charge >= 0.3 is 12.2 Å². The highest BCUT2D eigenvalue weighted by atomic mass is 35.5. The number of primary sulfonamides is 1. The second-order valence-corrected chi connectivity index (χ2v) is 8.75. The minimum absolute atomic E-state index is 0.0611. The predicted octanol–water partition coefficient (Wildman–Crippen LogP) is 3.00. The number of hydrogen-bond donors (Lipinski definition) is 2. The molecule has 0 bridgehead atoms. The van der Waals surface area contributed by atoms with Gasteiger partial charge in [0, 0.05) is 28.5 Å². The molecule has 0 aliphatic rings. The van der Waals surface area contributed by atoms with Gasteiger partial charge in [0.05, 0.1) is 10.8 Å². The SMILES string of the molecule is NC(=O)C(c1ccc(-c2cnc(OCC(F)(F)F)nc2)c(S(N)(=O)=O)c1)c1ccccc1Cl. The number of nitrogens with zero attached hydrogens (tertiary/aromatic N) is 2. The molecule has 8 nitrogen and oxygen atoms in total. The third-order valence-electron chi connectivity index (χ3n) is 4.45. The van der Waals surface area contributed by atoms with Crippen LogP contribution in [0.4, 0.5) is 13.2 Å². The zero-order valence-corrected chi connectivity index (χ0v) is 18.2. The van der Waals surface area contributed by atoms with Crippen molar-refractivity contribution >= 4 is 27.5 Å². The maximum Gasteiger partial charge on any atom is 0.422 e. The van der Waals surface area contributed by atoms with E-state index in [4.69, 9.17) is 22.5 Å². The van der Waals surface area contributed by atoms with Gasteiger partial charge in [-0.3, -0.25) is 4.79 Å². The Morgan fingerprint density at radius 2 is 1.76 bits per heavy atom. The summed E-state index contributed by atoms with van der Waals surface area (Å²) in [6, 6.07) is 9.89. The lowest BCUT2D eigenvalue weighted by atomic mass is 9.89. The van der Waals surface area contributed by atoms with Crippen LogP contribution in [0.1, 0.15) is 17.0 Å². The lowest BCUT2D eigenvalue weighted by Gasteiger charge is -2.18. The van der Waals surface area contributed by atoms with E-state index in [0.29, 0.717) is 5.56 Å². The summed E-state index contributed by atoms with van der Waals surface area (Å²) in [6.45, 7) is -1.58. The molecule has 4 N–H and O–H groups in total. The van der Waals surface area contributed by atoms with Crippen molar-refractivity contribution in [1.29, 1.82) is 0 Å². The van der Waals surface area contributed by atoms with Crippen molar-refractivity contribution in [3.8, 4) is 17.1 Å². The van der Waals surface area contributed by atoms with E-state index in [1.54, 1.807) is 24.3 Å². The molecule has 0 spiro atoms. The number of carbonyl (C=O) groups is 1. The van der Waals surface area contributed by atoms with E-state index in [2.05, 4.69) is 14.7 Å². The average Bonchev–Trinajstić information content (AvgIpc) is 2.73. The molecule has 0 saturated heterocycles. The van der Waals surface area contributed by atoms with Crippen LogP contribution < -0.4 is 15.6 Å². The van der Waals surface area contributed by atoms with Crippen molar-refractivity contribution in [3.63, 3.8) is 0 Å². The van der Waals surface area contributed by atoms with Crippen molar-refractivity contribution < 1.29 is 31.1 Å². The minimum atomic E-state index is -4.57. The van der Waals surface area contributed by atoms with Gasteiger partial charge in [0.15, 0.2) is 6.61 Å². The van der Waals surface area contributed by atoms with Gasteiger partial charge in [-0.2, -0.15) is 13.2 Å². The molecule has 1 aromatic heterocycles. The molecule has 0 saturated carbocycles. The third kappa shape index (κ3) is 5.97. The van der Waals surface area contributed by atoms with E-state index in [1.807, 2.05) is 0 Å². The molecule has 3 aromatic rings. The molecule has 0 fully saturated rings. The van der Waals surface area contributed by atoms with Gasteiger partial charge in [-0.1, -0.05) is 41.9 Å². The largest absolute Gasteiger partial charge is 0.454 e. The summed E-state index contributed by atoms with van der Waals surface area (Å²) in [5.41, 5.74) is 6.35. The van der Waals surface area contributed by atoms with Crippen LogP contribution in [0.3, 0.4) is 0 Å². The molecule has 0 aliphatic carbocycles. The number of hydrogen-bond acceptors (Lipinski definition) is 6. The lowest BCUT2D eigenvalue weighted by Crippen LogP contribution is -2.23. The molecular weight excluding hydrogens is 485 g/mol. The van der Waals surface area contributed by atoms with Gasteiger partial charge in [-0.05, 0) is 23.3 Å². The van der Waals surface area contributed by atoms with E-state index >= 15 is 0 Å². The summed E-state index contributed by atoms with van der Waals surface area (Å²) in [6.07, 6.45) is -2.40. The van der Waals surface area contributed by atoms with E-state index in [-0.39, 0.29) is 26.6 Å². The Labute approximate surface area is 191 Å². The second kappa shape index (κ2) is 9.33. The number of rotatable bonds is 7. The van der Waals surface area contributed by atoms with Crippen LogP contribution in [0.25, 0.3) is 11.1 Å². The topological polar surface area (TPSA) is 138 Å². The number of carbonyl (C=O) groups excluding carboxylic acids is 1. The fourth-order valence-corrected chi connectivity index (χ4v) is 4.11. The number of primary amides is 1. The zero-order valence-electron chi connectivity index (χ0n) is 16.6. The fraction of sp³-hybridized carbons (Fsp3) is 0.150. The van der Waals surface area contributed by atoms with Crippen molar-refractivity contribution in [2.75, 3.05) is 6.61 Å². The Morgan fingerprint density at radius 3 is 2.30 bits per heavy atom. The predicted molar refractivity (Wildman–Crippen MR) is 113 cm³/mol. The summed E-state index contributed by atoms with van der Waals surface area (Å²) in [7, 11) is -4.32. The number of aromatic nitrogens is 2. The summed E-state index contributed by atoms with van der Waals surface area (Å²) in [5, 5.41) is 5.63. The number of nitrogens with two attached hydrogens (primary N) is 2. The van der Waals surface area contributed by atoms with Crippen molar-refractivity contribution in [1.82, 2.24) is 9.97 Å². The first-order valence-electron chi connectivity index (χ1n) is 9.09. The molecule has 0 radical (unpaired) electrons. The number of halogens is 4. The van der Waals surface area contributed by atoms with E-state index in [1.165, 1.54) is 18.2 Å². The van der Waals surface area contributed by atoms with Crippen molar-refractivity contribution in [3.05, 3.63) is 71.0 Å². The van der Waals surface area contributed by atoms with Crippen LogP contribution in [0, 0.1) is 0 Å². The Morgan fingerprint density at radius 1 is 1.12 bits per heavy atom. The van der Waals surface area contributed by atoms with Crippen LogP contribution in [-0.2, 0) is 14.8 Å². The molecule has 0 aliphatic heterocycles. The Bertz CT molecular complexity index is 1290. The van der Waals surface area contributed by atoms with Gasteiger partial charge in [0.2, 0.25) is 15.9 Å². The molecule has 1 heterocycles. The third-order valence-corrected chi connectivity index (χ3v) is 5.75. The Balaban J connectivity index is 2.05. The highest BCUT2D eigenvalue weighted by molar-refractivity contribution is 7.89. The average molecular weight is 501 g/mol. The summed E-state index contributed by atoms with van der Waals surface area (Å²) in [5.74, 6) is -1.84. The molecular formula is C20H16ClF3N4O4S. The maximum atomic E-state index is 12.3. The van der Waals surface area contributed by atoms with E-state index in [9.17, 15) is 26.4 Å². The smallest absolute Gasteiger partial charge is 0.422 e. The first-order chi connectivity index (χ1) is 15.4. The number of benzene rings is 2. The van der Waals surface area contributed by atoms with Gasteiger partial charge < -0.3 is 10.5 Å². The normalized spacial score (nSPS) is 12.9. The molecule has 1 atom stereocenters. The van der Waals surface area contributed by atoms with Crippen LogP contribution >= 0.6 is 11.6 Å². The van der Waals surface area contributed by atoms with Crippen molar-refractivity contribution in [2.45, 2.75) is 17.0 Å². The number of amides is 1. The molecule has 13 heteroatoms. The van der Waals surface area contributed by atoms with Crippen LogP contribution in [-0.4, -0.2) is 37.1 Å². The number of sulfonamides is 1. The minimum Gasteiger partial charge on any atom is -0.454 e. The van der Waals surface area contributed by atoms with Crippen LogP contribution in [0.2, 0.25) is 5.02 Å². The highest BCUT2D eigenvalue weighted by Crippen LogP contribution is 2.34. The summed E-state index contributed by atoms with van der Waals surface area (Å²) >= 11 is 6.19. The van der Waals surface area contributed by atoms with Gasteiger partial charge in [-0.25, -0.2) is 23.5 Å². The standard InChI is InChI=1S/C20H16ClF3N4O4S/c21-15-4-2-1-3-14(15)17(18(25)29)11-5-6-13(16(7-11)33(26,30)31)12-8-27-19(28-9-12)32-10-20(22,23)24/h1-9,17H,10H2,(H2,25,29)(H2,26,30,31). The zero-order chi connectivity index (χ0) is 24.4. The highest BCUT2D eigenvalue weighted by Gasteiger charge is 2.29. The number of alkyl halides is 3. The van der Waals surface area contributed by atoms with Gasteiger partial charge in [0.25, 0.3) is 0 Å². The second-order valence-electron chi connectivity index (χ2n) is 6.82. The Hall–Kier alpha value is -3.22. The molecule has 3 rings (SSSR count). The molecule has 33 heavy (non-hydrogen) atoms.